The number of ether oxygens (including phenoxy) is 2. The van der Waals surface area contributed by atoms with Crippen LogP contribution in [0, 0.1) is 22.7 Å². The maximum absolute atomic E-state index is 13.0. The molecule has 6 atom stereocenters. The van der Waals surface area contributed by atoms with Crippen LogP contribution in [0.1, 0.15) is 66.7 Å². The molecule has 0 aromatic rings. The molecule has 4 aliphatic rings. The smallest absolute Gasteiger partial charge is 0.167 e. The number of fused-ring (bicyclic) bond motifs is 3. The largest absolute Gasteiger partial charge is 0.369 e. The van der Waals surface area contributed by atoms with Crippen molar-refractivity contribution in [3.63, 3.8) is 0 Å². The summed E-state index contributed by atoms with van der Waals surface area (Å²) in [5.41, 5.74) is -1.38. The number of epoxide rings is 1. The second-order valence-electron chi connectivity index (χ2n) is 9.77. The molecule has 0 aromatic carbocycles. The van der Waals surface area contributed by atoms with Crippen LogP contribution in [0.5, 0.6) is 0 Å². The minimum absolute atomic E-state index is 0.00813. The minimum atomic E-state index is -0.783. The van der Waals surface area contributed by atoms with Gasteiger partial charge in [0.25, 0.3) is 0 Å². The van der Waals surface area contributed by atoms with Gasteiger partial charge >= 0.3 is 0 Å². The third-order valence-corrected chi connectivity index (χ3v) is 8.08. The third kappa shape index (κ3) is 1.99. The van der Waals surface area contributed by atoms with E-state index >= 15 is 0 Å². The Morgan fingerprint density at radius 2 is 1.62 bits per heavy atom. The molecular weight excluding hydrogens is 304 g/mol. The summed E-state index contributed by atoms with van der Waals surface area (Å²) in [4.78, 5) is 25.5. The fourth-order valence-corrected chi connectivity index (χ4v) is 6.42. The monoisotopic (exact) mass is 334 g/mol. The molecule has 0 N–H and O–H groups in total. The summed E-state index contributed by atoms with van der Waals surface area (Å²) in [5.74, 6) is 1.09. The minimum Gasteiger partial charge on any atom is -0.369 e. The first kappa shape index (κ1) is 16.7. The Balaban J connectivity index is 1.71. The molecule has 0 amide bonds. The van der Waals surface area contributed by atoms with E-state index in [4.69, 9.17) is 9.47 Å². The Kier molecular flexibility index (Phi) is 3.27. The molecule has 4 heteroatoms. The number of Topliss-reactive ketones (excluding diaryl/α,β-unsaturated/α-hetero) is 2. The van der Waals surface area contributed by atoms with Gasteiger partial charge in [-0.25, -0.2) is 0 Å². The molecule has 2 saturated carbocycles. The van der Waals surface area contributed by atoms with Gasteiger partial charge in [0.2, 0.25) is 0 Å². The Morgan fingerprint density at radius 3 is 2.25 bits per heavy atom. The van der Waals surface area contributed by atoms with E-state index in [1.807, 2.05) is 6.92 Å². The zero-order valence-corrected chi connectivity index (χ0v) is 15.6. The van der Waals surface area contributed by atoms with Crippen molar-refractivity contribution < 1.29 is 19.1 Å². The summed E-state index contributed by atoms with van der Waals surface area (Å²) >= 11 is 0. The van der Waals surface area contributed by atoms with E-state index in [2.05, 4.69) is 27.7 Å². The standard InChI is InChI=1S/C20H30O4/c1-17(2)12-6-9-19(4)13(18(12,3)8-7-14(17)21)10-15(22)20(5,24-19)16-11-23-16/h12-13,16H,6-11H2,1-5H3/t12-,13+,16-,18-,19+,20-/m1/s1. The normalized spacial score (nSPS) is 53.3. The first-order valence-corrected chi connectivity index (χ1v) is 9.42. The SMILES string of the molecule is CC1(C)C(=O)CC[C@]2(C)[C@@H]1CC[C@]1(C)O[C@@](C)([C@H]3CO3)C(=O)C[C@@H]21. The van der Waals surface area contributed by atoms with Crippen LogP contribution < -0.4 is 0 Å². The molecule has 4 rings (SSSR count). The first-order valence-electron chi connectivity index (χ1n) is 9.42. The highest BCUT2D eigenvalue weighted by molar-refractivity contribution is 5.90. The van der Waals surface area contributed by atoms with Gasteiger partial charge in [0, 0.05) is 24.2 Å². The predicted molar refractivity (Wildman–Crippen MR) is 89.6 cm³/mol. The lowest BCUT2D eigenvalue weighted by Gasteiger charge is -2.64. The first-order chi connectivity index (χ1) is 11.0. The van der Waals surface area contributed by atoms with Crippen LogP contribution in [0.25, 0.3) is 0 Å². The van der Waals surface area contributed by atoms with Gasteiger partial charge in [-0.3, -0.25) is 9.59 Å². The molecule has 0 unspecified atom stereocenters. The topological polar surface area (TPSA) is 55.9 Å². The number of carbonyl (C=O) groups is 2. The van der Waals surface area contributed by atoms with E-state index in [0.717, 1.165) is 19.3 Å². The molecule has 0 radical (unpaired) electrons. The lowest BCUT2D eigenvalue weighted by molar-refractivity contribution is -0.253. The van der Waals surface area contributed by atoms with Crippen molar-refractivity contribution in [2.45, 2.75) is 84.0 Å². The van der Waals surface area contributed by atoms with Crippen molar-refractivity contribution in [3.05, 3.63) is 0 Å². The van der Waals surface area contributed by atoms with Gasteiger partial charge in [-0.1, -0.05) is 20.8 Å². The van der Waals surface area contributed by atoms with Crippen molar-refractivity contribution in [1.82, 2.24) is 0 Å². The van der Waals surface area contributed by atoms with Crippen LogP contribution in [-0.2, 0) is 19.1 Å². The highest BCUT2D eigenvalue weighted by Gasteiger charge is 2.67. The summed E-state index contributed by atoms with van der Waals surface area (Å²) in [6.45, 7) is 11.2. The third-order valence-electron chi connectivity index (χ3n) is 8.08. The highest BCUT2D eigenvalue weighted by atomic mass is 16.6. The van der Waals surface area contributed by atoms with E-state index in [-0.39, 0.29) is 34.2 Å². The maximum Gasteiger partial charge on any atom is 0.167 e. The fraction of sp³-hybridized carbons (Fsp3) is 0.900. The van der Waals surface area contributed by atoms with E-state index in [9.17, 15) is 9.59 Å². The molecule has 2 heterocycles. The highest BCUT2D eigenvalue weighted by Crippen LogP contribution is 2.64. The molecule has 4 nitrogen and oxygen atoms in total. The summed E-state index contributed by atoms with van der Waals surface area (Å²) in [6, 6.07) is 0. The van der Waals surface area contributed by atoms with Crippen molar-refractivity contribution in [2.75, 3.05) is 6.61 Å². The second-order valence-corrected chi connectivity index (χ2v) is 9.77. The summed E-state index contributed by atoms with van der Waals surface area (Å²) in [5, 5.41) is 0. The number of hydrogen-bond donors (Lipinski definition) is 0. The summed E-state index contributed by atoms with van der Waals surface area (Å²) < 4.78 is 12.0. The fourth-order valence-electron chi connectivity index (χ4n) is 6.42. The van der Waals surface area contributed by atoms with Crippen molar-refractivity contribution in [3.8, 4) is 0 Å². The second kappa shape index (κ2) is 4.70. The van der Waals surface area contributed by atoms with Crippen LogP contribution in [-0.4, -0.2) is 35.5 Å². The van der Waals surface area contributed by atoms with Crippen LogP contribution >= 0.6 is 0 Å². The molecule has 4 fully saturated rings. The molecule has 2 aliphatic heterocycles. The van der Waals surface area contributed by atoms with Crippen LogP contribution in [0.3, 0.4) is 0 Å². The maximum atomic E-state index is 13.0. The van der Waals surface area contributed by atoms with E-state index in [1.165, 1.54) is 0 Å². The number of carbonyl (C=O) groups excluding carboxylic acids is 2. The number of ketones is 2. The van der Waals surface area contributed by atoms with Gasteiger partial charge < -0.3 is 9.47 Å². The average Bonchev–Trinajstić information content (AvgIpc) is 3.31. The molecule has 0 aromatic heterocycles. The molecule has 2 aliphatic carbocycles. The quantitative estimate of drug-likeness (QED) is 0.690. The molecule has 2 saturated heterocycles. The Morgan fingerprint density at radius 1 is 0.958 bits per heavy atom. The van der Waals surface area contributed by atoms with E-state index < -0.39 is 5.60 Å². The number of rotatable bonds is 1. The van der Waals surface area contributed by atoms with Crippen LogP contribution in [0.15, 0.2) is 0 Å². The van der Waals surface area contributed by atoms with Crippen molar-refractivity contribution in [2.24, 2.45) is 22.7 Å². The zero-order valence-electron chi connectivity index (χ0n) is 15.6. The van der Waals surface area contributed by atoms with Gasteiger partial charge in [0.15, 0.2) is 11.4 Å². The van der Waals surface area contributed by atoms with Gasteiger partial charge in [0.05, 0.1) is 12.2 Å². The van der Waals surface area contributed by atoms with Gasteiger partial charge in [-0.2, -0.15) is 0 Å². The van der Waals surface area contributed by atoms with E-state index in [1.54, 1.807) is 0 Å². The lowest BCUT2D eigenvalue weighted by Crippen LogP contribution is -2.67. The summed E-state index contributed by atoms with van der Waals surface area (Å²) in [6.07, 6.45) is 3.92. The van der Waals surface area contributed by atoms with Crippen LogP contribution in [0.2, 0.25) is 0 Å². The molecule has 0 spiro atoms. The summed E-state index contributed by atoms with van der Waals surface area (Å²) in [7, 11) is 0. The van der Waals surface area contributed by atoms with E-state index in [0.29, 0.717) is 31.1 Å². The zero-order chi connectivity index (χ0) is 17.5. The van der Waals surface area contributed by atoms with Gasteiger partial charge in [0.1, 0.15) is 11.9 Å². The Hall–Kier alpha value is -0.740. The lowest BCUT2D eigenvalue weighted by atomic mass is 9.44. The van der Waals surface area contributed by atoms with Crippen molar-refractivity contribution >= 4 is 11.6 Å². The average molecular weight is 334 g/mol. The Labute approximate surface area is 144 Å². The van der Waals surface area contributed by atoms with Gasteiger partial charge in [-0.05, 0) is 44.4 Å². The molecule has 0 bridgehead atoms. The molecule has 134 valence electrons. The van der Waals surface area contributed by atoms with Gasteiger partial charge in [-0.15, -0.1) is 0 Å². The molecule has 24 heavy (non-hydrogen) atoms. The molecular formula is C20H30O4. The number of hydrogen-bond acceptors (Lipinski definition) is 4. The Bertz CT molecular complexity index is 607. The van der Waals surface area contributed by atoms with Crippen molar-refractivity contribution in [1.29, 1.82) is 0 Å². The predicted octanol–water partition coefficient (Wildman–Crippen LogP) is 3.31. The van der Waals surface area contributed by atoms with Crippen LogP contribution in [0.4, 0.5) is 0 Å².